The molecule has 0 unspecified atom stereocenters. The minimum Gasteiger partial charge on any atom is -0.508 e. The third kappa shape index (κ3) is 3.04. The van der Waals surface area contributed by atoms with Gasteiger partial charge in [0.25, 0.3) is 5.91 Å². The molecule has 3 atom stereocenters. The SMILES string of the molecule is CC[C@@H](C(=O)N[C@@H]1C(=O)N2C(C=O)=C(C)CS[C@H]12)c1ccc(O)cc1. The Morgan fingerprint density at radius 1 is 1.44 bits per heavy atom. The van der Waals surface area contributed by atoms with E-state index in [1.807, 2.05) is 13.8 Å². The molecule has 0 saturated carbocycles. The van der Waals surface area contributed by atoms with Crippen LogP contribution in [0.5, 0.6) is 5.75 Å². The molecule has 0 bridgehead atoms. The highest BCUT2D eigenvalue weighted by Crippen LogP contribution is 2.39. The average molecular weight is 360 g/mol. The number of aldehydes is 1. The number of hydrogen-bond acceptors (Lipinski definition) is 5. The van der Waals surface area contributed by atoms with Gasteiger partial charge in [0.15, 0.2) is 6.29 Å². The van der Waals surface area contributed by atoms with E-state index >= 15 is 0 Å². The summed E-state index contributed by atoms with van der Waals surface area (Å²) in [7, 11) is 0. The van der Waals surface area contributed by atoms with Crippen molar-refractivity contribution in [2.45, 2.75) is 37.6 Å². The van der Waals surface area contributed by atoms with E-state index < -0.39 is 6.04 Å². The predicted octanol–water partition coefficient (Wildman–Crippen LogP) is 1.76. The fourth-order valence-electron chi connectivity index (χ4n) is 3.20. The number of nitrogens with zero attached hydrogens (tertiary/aromatic N) is 1. The van der Waals surface area contributed by atoms with E-state index in [2.05, 4.69) is 5.32 Å². The lowest BCUT2D eigenvalue weighted by molar-refractivity contribution is -0.147. The number of benzene rings is 1. The highest BCUT2D eigenvalue weighted by Gasteiger charge is 2.52. The summed E-state index contributed by atoms with van der Waals surface area (Å²) in [4.78, 5) is 37.8. The van der Waals surface area contributed by atoms with Crippen molar-refractivity contribution in [3.05, 3.63) is 41.1 Å². The van der Waals surface area contributed by atoms with Crippen molar-refractivity contribution in [2.24, 2.45) is 0 Å². The highest BCUT2D eigenvalue weighted by molar-refractivity contribution is 8.00. The van der Waals surface area contributed by atoms with Gasteiger partial charge in [-0.3, -0.25) is 19.3 Å². The standard InChI is InChI=1S/C18H20N2O4S/c1-3-13(11-4-6-12(22)7-5-11)16(23)19-15-17(24)20-14(8-21)10(2)9-25-18(15)20/h4-8,13,15,18,22H,3,9H2,1-2H3,(H,19,23)/t13-,15-,18-/m1/s1. The Hall–Kier alpha value is -2.28. The number of carbonyl (C=O) groups excluding carboxylic acids is 3. The van der Waals surface area contributed by atoms with Gasteiger partial charge in [-0.1, -0.05) is 19.1 Å². The van der Waals surface area contributed by atoms with E-state index in [0.717, 1.165) is 11.1 Å². The first kappa shape index (κ1) is 17.5. The van der Waals surface area contributed by atoms with E-state index in [1.165, 1.54) is 4.90 Å². The minimum absolute atomic E-state index is 0.144. The van der Waals surface area contributed by atoms with Crippen LogP contribution < -0.4 is 5.32 Å². The van der Waals surface area contributed by atoms with Gasteiger partial charge in [0.05, 0.1) is 11.6 Å². The maximum absolute atomic E-state index is 12.7. The Bertz CT molecular complexity index is 744. The number of amides is 2. The summed E-state index contributed by atoms with van der Waals surface area (Å²) in [6.07, 6.45) is 1.29. The Morgan fingerprint density at radius 3 is 2.72 bits per heavy atom. The van der Waals surface area contributed by atoms with Crippen molar-refractivity contribution in [1.29, 1.82) is 0 Å². The number of phenolic OH excluding ortho intramolecular Hbond substituents is 1. The zero-order valence-corrected chi connectivity index (χ0v) is 14.9. The molecule has 1 aromatic carbocycles. The van der Waals surface area contributed by atoms with Crippen LogP contribution in [-0.2, 0) is 14.4 Å². The van der Waals surface area contributed by atoms with E-state index in [1.54, 1.807) is 36.0 Å². The second-order valence-corrected chi connectivity index (χ2v) is 7.34. The Labute approximate surface area is 150 Å². The maximum Gasteiger partial charge on any atom is 0.253 e. The van der Waals surface area contributed by atoms with Crippen LogP contribution in [0.1, 0.15) is 31.7 Å². The number of thioether (sulfide) groups is 1. The minimum atomic E-state index is -0.605. The largest absolute Gasteiger partial charge is 0.508 e. The lowest BCUT2D eigenvalue weighted by Gasteiger charge is -2.49. The van der Waals surface area contributed by atoms with Gasteiger partial charge in [-0.15, -0.1) is 11.8 Å². The number of β-lactam (4-membered cyclic amide) rings is 1. The second kappa shape index (κ2) is 6.92. The van der Waals surface area contributed by atoms with E-state index in [4.69, 9.17) is 0 Å². The number of hydrogen-bond donors (Lipinski definition) is 2. The number of fused-ring (bicyclic) bond motifs is 1. The van der Waals surface area contributed by atoms with Crippen LogP contribution in [0.3, 0.4) is 0 Å². The van der Waals surface area contributed by atoms with Crippen molar-refractivity contribution < 1.29 is 19.5 Å². The molecule has 3 rings (SSSR count). The number of aromatic hydroxyl groups is 1. The number of allylic oxidation sites excluding steroid dienone is 1. The Kier molecular flexibility index (Phi) is 4.85. The van der Waals surface area contributed by atoms with E-state index in [9.17, 15) is 19.5 Å². The van der Waals surface area contributed by atoms with E-state index in [0.29, 0.717) is 24.2 Å². The molecule has 0 spiro atoms. The first-order valence-corrected chi connectivity index (χ1v) is 9.21. The fourth-order valence-corrected chi connectivity index (χ4v) is 4.52. The van der Waals surface area contributed by atoms with Crippen LogP contribution >= 0.6 is 11.8 Å². The van der Waals surface area contributed by atoms with Crippen molar-refractivity contribution >= 4 is 29.9 Å². The quantitative estimate of drug-likeness (QED) is 0.617. The first-order chi connectivity index (χ1) is 12.0. The van der Waals surface area contributed by atoms with Crippen LogP contribution in [0.2, 0.25) is 0 Å². The third-order valence-corrected chi connectivity index (χ3v) is 6.06. The van der Waals surface area contributed by atoms with Gasteiger partial charge in [0.1, 0.15) is 17.2 Å². The van der Waals surface area contributed by atoms with Gasteiger partial charge < -0.3 is 10.4 Å². The molecule has 2 N–H and O–H groups in total. The lowest BCUT2D eigenvalue weighted by Crippen LogP contribution is -2.70. The molecule has 1 fully saturated rings. The van der Waals surface area contributed by atoms with Crippen molar-refractivity contribution in [3.8, 4) is 5.75 Å². The lowest BCUT2D eigenvalue weighted by atomic mass is 9.94. The summed E-state index contributed by atoms with van der Waals surface area (Å²) in [5.41, 5.74) is 2.09. The molecule has 2 aliphatic heterocycles. The van der Waals surface area contributed by atoms with Crippen molar-refractivity contribution in [1.82, 2.24) is 10.2 Å². The monoisotopic (exact) mass is 360 g/mol. The molecule has 0 aliphatic carbocycles. The molecule has 1 aromatic rings. The highest BCUT2D eigenvalue weighted by atomic mass is 32.2. The van der Waals surface area contributed by atoms with Gasteiger partial charge in [-0.25, -0.2) is 0 Å². The molecular formula is C18H20N2O4S. The zero-order valence-electron chi connectivity index (χ0n) is 14.1. The smallest absolute Gasteiger partial charge is 0.253 e. The van der Waals surface area contributed by atoms with Crippen LogP contribution in [-0.4, -0.2) is 45.3 Å². The molecule has 1 saturated heterocycles. The van der Waals surface area contributed by atoms with Gasteiger partial charge >= 0.3 is 0 Å². The predicted molar refractivity (Wildman–Crippen MR) is 94.9 cm³/mol. The maximum atomic E-state index is 12.7. The third-order valence-electron chi connectivity index (χ3n) is 4.64. The molecule has 6 nitrogen and oxygen atoms in total. The summed E-state index contributed by atoms with van der Waals surface area (Å²) < 4.78 is 0. The number of phenols is 1. The average Bonchev–Trinajstić information content (AvgIpc) is 2.61. The summed E-state index contributed by atoms with van der Waals surface area (Å²) >= 11 is 1.55. The van der Waals surface area contributed by atoms with Crippen molar-refractivity contribution in [3.63, 3.8) is 0 Å². The molecule has 2 amide bonds. The molecular weight excluding hydrogens is 340 g/mol. The molecule has 132 valence electrons. The molecule has 2 aliphatic rings. The topological polar surface area (TPSA) is 86.7 Å². The van der Waals surface area contributed by atoms with Crippen LogP contribution in [0.15, 0.2) is 35.5 Å². The van der Waals surface area contributed by atoms with Gasteiger partial charge in [-0.2, -0.15) is 0 Å². The summed E-state index contributed by atoms with van der Waals surface area (Å²) in [5.74, 6) is -0.0348. The molecule has 25 heavy (non-hydrogen) atoms. The molecule has 0 radical (unpaired) electrons. The second-order valence-electron chi connectivity index (χ2n) is 6.23. The summed E-state index contributed by atoms with van der Waals surface area (Å²) in [6.45, 7) is 3.74. The van der Waals surface area contributed by atoms with Gasteiger partial charge in [-0.05, 0) is 36.6 Å². The Balaban J connectivity index is 1.72. The summed E-state index contributed by atoms with van der Waals surface area (Å²) in [5, 5.41) is 12.0. The van der Waals surface area contributed by atoms with Crippen LogP contribution in [0.4, 0.5) is 0 Å². The first-order valence-electron chi connectivity index (χ1n) is 8.16. The van der Waals surface area contributed by atoms with Gasteiger partial charge in [0, 0.05) is 5.75 Å². The number of rotatable bonds is 5. The van der Waals surface area contributed by atoms with E-state index in [-0.39, 0.29) is 28.9 Å². The zero-order chi connectivity index (χ0) is 18.1. The molecule has 2 heterocycles. The Morgan fingerprint density at radius 2 is 2.12 bits per heavy atom. The molecule has 0 aromatic heterocycles. The number of carbonyl (C=O) groups is 3. The van der Waals surface area contributed by atoms with Crippen LogP contribution in [0.25, 0.3) is 0 Å². The number of nitrogens with one attached hydrogen (secondary N) is 1. The van der Waals surface area contributed by atoms with Gasteiger partial charge in [0.2, 0.25) is 5.91 Å². The van der Waals surface area contributed by atoms with Crippen molar-refractivity contribution in [2.75, 3.05) is 5.75 Å². The summed E-state index contributed by atoms with van der Waals surface area (Å²) in [6, 6.07) is 5.91. The van der Waals surface area contributed by atoms with Crippen LogP contribution in [0, 0.1) is 0 Å². The fraction of sp³-hybridized carbons (Fsp3) is 0.389. The normalized spacial score (nSPS) is 23.6. The molecule has 7 heteroatoms.